The predicted molar refractivity (Wildman–Crippen MR) is 63.6 cm³/mol. The molecule has 17 heavy (non-hydrogen) atoms. The molecule has 0 bridgehead atoms. The summed E-state index contributed by atoms with van der Waals surface area (Å²) in [4.78, 5) is 13.6. The molecule has 0 atom stereocenters. The lowest BCUT2D eigenvalue weighted by Crippen LogP contribution is -2.22. The van der Waals surface area contributed by atoms with Crippen molar-refractivity contribution in [2.45, 2.75) is 19.8 Å². The molecule has 0 aliphatic rings. The van der Waals surface area contributed by atoms with Crippen molar-refractivity contribution in [3.63, 3.8) is 0 Å². The number of hydrogen-bond donors (Lipinski definition) is 1. The Hall–Kier alpha value is -1.30. The first-order valence-corrected chi connectivity index (χ1v) is 5.76. The second-order valence-electron chi connectivity index (χ2n) is 3.23. The number of rotatable bonds is 11. The van der Waals surface area contributed by atoms with Crippen molar-refractivity contribution < 1.29 is 14.3 Å². The molecule has 98 valence electrons. The summed E-state index contributed by atoms with van der Waals surface area (Å²) in [6, 6.07) is 0. The number of azide groups is 1. The van der Waals surface area contributed by atoms with Crippen molar-refractivity contribution in [3.05, 3.63) is 10.4 Å². The lowest BCUT2D eigenvalue weighted by molar-refractivity contribution is -0.143. The van der Waals surface area contributed by atoms with Crippen LogP contribution in [-0.2, 0) is 14.3 Å². The third-order valence-corrected chi connectivity index (χ3v) is 1.86. The smallest absolute Gasteiger partial charge is 0.305 e. The van der Waals surface area contributed by atoms with E-state index in [0.29, 0.717) is 32.8 Å². The third kappa shape index (κ3) is 12.6. The van der Waals surface area contributed by atoms with E-state index in [1.165, 1.54) is 0 Å². The second kappa shape index (κ2) is 12.8. The van der Waals surface area contributed by atoms with Gasteiger partial charge in [0.1, 0.15) is 0 Å². The number of carbonyl (C=O) groups is 1. The van der Waals surface area contributed by atoms with Gasteiger partial charge in [0, 0.05) is 24.4 Å². The molecule has 0 spiro atoms. The molecule has 0 unspecified atom stereocenters. The first-order chi connectivity index (χ1) is 8.31. The zero-order valence-electron chi connectivity index (χ0n) is 10.2. The average Bonchev–Trinajstić information content (AvgIpc) is 2.32. The van der Waals surface area contributed by atoms with Gasteiger partial charge in [-0.2, -0.15) is 0 Å². The van der Waals surface area contributed by atoms with E-state index in [0.717, 1.165) is 19.5 Å². The minimum absolute atomic E-state index is 0.153. The number of hydrogen-bond acceptors (Lipinski definition) is 5. The van der Waals surface area contributed by atoms with Crippen LogP contribution in [0.25, 0.3) is 10.4 Å². The number of carbonyl (C=O) groups excluding carboxylic acids is 1. The van der Waals surface area contributed by atoms with Gasteiger partial charge in [0.15, 0.2) is 0 Å². The van der Waals surface area contributed by atoms with E-state index in [-0.39, 0.29) is 5.97 Å². The van der Waals surface area contributed by atoms with Crippen LogP contribution in [0.2, 0.25) is 0 Å². The fourth-order valence-corrected chi connectivity index (χ4v) is 1.11. The van der Waals surface area contributed by atoms with Crippen molar-refractivity contribution in [1.82, 2.24) is 5.32 Å². The quantitative estimate of drug-likeness (QED) is 0.194. The zero-order chi connectivity index (χ0) is 12.8. The minimum Gasteiger partial charge on any atom is -0.466 e. The number of ether oxygens (including phenoxy) is 2. The van der Waals surface area contributed by atoms with E-state index in [1.807, 2.05) is 0 Å². The molecule has 0 aliphatic heterocycles. The van der Waals surface area contributed by atoms with Crippen LogP contribution in [0.15, 0.2) is 5.11 Å². The van der Waals surface area contributed by atoms with Gasteiger partial charge >= 0.3 is 5.97 Å². The van der Waals surface area contributed by atoms with E-state index in [4.69, 9.17) is 15.0 Å². The molecule has 0 saturated heterocycles. The molecule has 7 nitrogen and oxygen atoms in total. The van der Waals surface area contributed by atoms with Gasteiger partial charge in [0.2, 0.25) is 0 Å². The molecule has 0 saturated carbocycles. The van der Waals surface area contributed by atoms with Crippen molar-refractivity contribution in [2.24, 2.45) is 5.11 Å². The Labute approximate surface area is 101 Å². The fraction of sp³-hybridized carbons (Fsp3) is 0.900. The molecule has 0 aromatic heterocycles. The number of esters is 1. The van der Waals surface area contributed by atoms with Gasteiger partial charge in [-0.25, -0.2) is 0 Å². The number of nitrogens with zero attached hydrogens (tertiary/aromatic N) is 3. The highest BCUT2D eigenvalue weighted by Crippen LogP contribution is 1.90. The van der Waals surface area contributed by atoms with E-state index < -0.39 is 0 Å². The van der Waals surface area contributed by atoms with Crippen molar-refractivity contribution in [2.75, 3.05) is 39.5 Å². The summed E-state index contributed by atoms with van der Waals surface area (Å²) in [5.74, 6) is -0.153. The molecular weight excluding hydrogens is 224 g/mol. The molecule has 0 fully saturated rings. The summed E-state index contributed by atoms with van der Waals surface area (Å²) in [5.41, 5.74) is 8.00. The summed E-state index contributed by atoms with van der Waals surface area (Å²) >= 11 is 0. The van der Waals surface area contributed by atoms with Crippen molar-refractivity contribution >= 4 is 5.97 Å². The topological polar surface area (TPSA) is 96.3 Å². The summed E-state index contributed by atoms with van der Waals surface area (Å²) in [7, 11) is 0. The van der Waals surface area contributed by atoms with E-state index in [1.54, 1.807) is 6.92 Å². The Morgan fingerprint density at radius 1 is 1.41 bits per heavy atom. The second-order valence-corrected chi connectivity index (χ2v) is 3.23. The lowest BCUT2D eigenvalue weighted by Gasteiger charge is -2.05. The summed E-state index contributed by atoms with van der Waals surface area (Å²) in [6.07, 6.45) is 1.20. The van der Waals surface area contributed by atoms with E-state index in [2.05, 4.69) is 15.3 Å². The predicted octanol–water partition coefficient (Wildman–Crippen LogP) is 1.25. The maximum absolute atomic E-state index is 11.0. The highest BCUT2D eigenvalue weighted by atomic mass is 16.5. The molecule has 0 radical (unpaired) electrons. The Morgan fingerprint density at radius 2 is 2.24 bits per heavy atom. The van der Waals surface area contributed by atoms with Gasteiger partial charge in [0.25, 0.3) is 0 Å². The molecule has 0 amide bonds. The fourth-order valence-electron chi connectivity index (χ4n) is 1.11. The third-order valence-electron chi connectivity index (χ3n) is 1.86. The SMILES string of the molecule is CCOC(=O)CCCNCCOCCN=[N+]=[N-]. The van der Waals surface area contributed by atoms with E-state index >= 15 is 0 Å². The standard InChI is InChI=1S/C10H20N4O3/c1-2-17-10(15)4-3-5-12-6-8-16-9-7-13-14-11/h12H,2-9H2,1H3. The van der Waals surface area contributed by atoms with Crippen LogP contribution in [0.1, 0.15) is 19.8 Å². The van der Waals surface area contributed by atoms with Gasteiger partial charge in [-0.05, 0) is 25.4 Å². The highest BCUT2D eigenvalue weighted by molar-refractivity contribution is 5.69. The summed E-state index contributed by atoms with van der Waals surface area (Å²) < 4.78 is 9.98. The monoisotopic (exact) mass is 244 g/mol. The number of nitrogens with one attached hydrogen (secondary N) is 1. The van der Waals surface area contributed by atoms with Gasteiger partial charge in [-0.3, -0.25) is 4.79 Å². The van der Waals surface area contributed by atoms with Crippen LogP contribution in [0.3, 0.4) is 0 Å². The van der Waals surface area contributed by atoms with Crippen LogP contribution >= 0.6 is 0 Å². The molecule has 0 heterocycles. The molecule has 0 rings (SSSR count). The van der Waals surface area contributed by atoms with Crippen LogP contribution in [-0.4, -0.2) is 45.4 Å². The molecule has 0 aromatic rings. The van der Waals surface area contributed by atoms with E-state index in [9.17, 15) is 4.79 Å². The Kier molecular flexibility index (Phi) is 11.8. The van der Waals surface area contributed by atoms with Crippen LogP contribution in [0, 0.1) is 0 Å². The van der Waals surface area contributed by atoms with Crippen LogP contribution in [0.5, 0.6) is 0 Å². The van der Waals surface area contributed by atoms with Gasteiger partial charge in [-0.1, -0.05) is 5.11 Å². The normalized spacial score (nSPS) is 9.71. The zero-order valence-corrected chi connectivity index (χ0v) is 10.2. The maximum Gasteiger partial charge on any atom is 0.305 e. The Balaban J connectivity index is 3.08. The Bertz CT molecular complexity index is 242. The molecule has 0 aliphatic carbocycles. The molecule has 1 N–H and O–H groups in total. The van der Waals surface area contributed by atoms with Gasteiger partial charge < -0.3 is 14.8 Å². The molecule has 7 heteroatoms. The highest BCUT2D eigenvalue weighted by Gasteiger charge is 1.99. The minimum atomic E-state index is -0.153. The molecule has 0 aromatic carbocycles. The van der Waals surface area contributed by atoms with Crippen LogP contribution < -0.4 is 5.32 Å². The van der Waals surface area contributed by atoms with Crippen molar-refractivity contribution in [3.8, 4) is 0 Å². The van der Waals surface area contributed by atoms with Crippen LogP contribution in [0.4, 0.5) is 0 Å². The lowest BCUT2D eigenvalue weighted by atomic mass is 10.3. The van der Waals surface area contributed by atoms with Crippen molar-refractivity contribution in [1.29, 1.82) is 0 Å². The average molecular weight is 244 g/mol. The summed E-state index contributed by atoms with van der Waals surface area (Å²) in [5, 5.41) is 6.48. The first kappa shape index (κ1) is 15.7. The summed E-state index contributed by atoms with van der Waals surface area (Å²) in [6.45, 7) is 5.08. The maximum atomic E-state index is 11.0. The molecular formula is C10H20N4O3. The van der Waals surface area contributed by atoms with Gasteiger partial charge in [-0.15, -0.1) is 0 Å². The first-order valence-electron chi connectivity index (χ1n) is 5.76. The van der Waals surface area contributed by atoms with Gasteiger partial charge in [0.05, 0.1) is 19.8 Å². The largest absolute Gasteiger partial charge is 0.466 e. The Morgan fingerprint density at radius 3 is 2.94 bits per heavy atom.